The predicted molar refractivity (Wildman–Crippen MR) is 53.0 cm³/mol. The molecule has 1 N–H and O–H groups in total. The molecule has 13 heavy (non-hydrogen) atoms. The molecular weight excluding hydrogens is 166 g/mol. The minimum absolute atomic E-state index is 0.286. The highest BCUT2D eigenvalue weighted by molar-refractivity contribution is 5.89. The molecule has 0 amide bonds. The predicted octanol–water partition coefficient (Wildman–Crippen LogP) is 2.32. The third kappa shape index (κ3) is 5.17. The van der Waals surface area contributed by atoms with Crippen LogP contribution in [-0.2, 0) is 9.53 Å². The highest BCUT2D eigenvalue weighted by Gasteiger charge is 2.03. The number of hydrogen-bond acceptors (Lipinski definition) is 3. The summed E-state index contributed by atoms with van der Waals surface area (Å²) in [5, 5.41) is 7.38. The van der Waals surface area contributed by atoms with Crippen molar-refractivity contribution in [2.75, 3.05) is 6.61 Å². The maximum absolute atomic E-state index is 11.1. The van der Waals surface area contributed by atoms with Gasteiger partial charge in [0.1, 0.15) is 0 Å². The van der Waals surface area contributed by atoms with Gasteiger partial charge in [0.25, 0.3) is 0 Å². The topological polar surface area (TPSA) is 50.2 Å². The first-order valence-corrected chi connectivity index (χ1v) is 4.52. The molecule has 0 atom stereocenters. The molecule has 0 aliphatic heterocycles. The molecule has 0 saturated heterocycles. The van der Waals surface area contributed by atoms with Crippen LogP contribution in [-0.4, -0.2) is 18.3 Å². The standard InChI is InChI=1S/C10H17NO2/c1-4-9(11)7-6-8(3)10(12)13-5-2/h6,11H,4-5,7H2,1-3H3/b8-6+,11-9?. The Balaban J connectivity index is 4.01. The SMILES string of the molecule is CCOC(=O)/C(C)=C/CC(=N)CC. The van der Waals surface area contributed by atoms with E-state index < -0.39 is 0 Å². The average Bonchev–Trinajstić information content (AvgIpc) is 2.13. The molecule has 0 aliphatic carbocycles. The van der Waals surface area contributed by atoms with Gasteiger partial charge in [-0.1, -0.05) is 13.0 Å². The Hall–Kier alpha value is -1.12. The molecule has 0 saturated carbocycles. The highest BCUT2D eigenvalue weighted by atomic mass is 16.5. The Morgan fingerprint density at radius 2 is 2.08 bits per heavy atom. The van der Waals surface area contributed by atoms with Crippen molar-refractivity contribution in [2.24, 2.45) is 0 Å². The first-order valence-electron chi connectivity index (χ1n) is 4.52. The van der Waals surface area contributed by atoms with E-state index in [0.717, 1.165) is 6.42 Å². The van der Waals surface area contributed by atoms with Crippen molar-refractivity contribution in [3.63, 3.8) is 0 Å². The molecule has 0 rings (SSSR count). The molecule has 0 radical (unpaired) electrons. The third-order valence-electron chi connectivity index (χ3n) is 1.68. The van der Waals surface area contributed by atoms with Gasteiger partial charge in [0.15, 0.2) is 0 Å². The van der Waals surface area contributed by atoms with E-state index in [0.29, 0.717) is 24.3 Å². The van der Waals surface area contributed by atoms with E-state index in [9.17, 15) is 4.79 Å². The van der Waals surface area contributed by atoms with Crippen LogP contribution in [0.3, 0.4) is 0 Å². The summed E-state index contributed by atoms with van der Waals surface area (Å²) < 4.78 is 4.79. The number of nitrogens with one attached hydrogen (secondary N) is 1. The number of hydrogen-bond donors (Lipinski definition) is 1. The number of carbonyl (C=O) groups excluding carboxylic acids is 1. The molecule has 0 unspecified atom stereocenters. The fraction of sp³-hybridized carbons (Fsp3) is 0.600. The Bertz CT molecular complexity index is 219. The maximum Gasteiger partial charge on any atom is 0.333 e. The van der Waals surface area contributed by atoms with Crippen molar-refractivity contribution in [2.45, 2.75) is 33.6 Å². The van der Waals surface area contributed by atoms with Crippen molar-refractivity contribution in [1.82, 2.24) is 0 Å². The van der Waals surface area contributed by atoms with E-state index in [-0.39, 0.29) is 5.97 Å². The van der Waals surface area contributed by atoms with E-state index in [2.05, 4.69) is 0 Å². The Morgan fingerprint density at radius 1 is 1.46 bits per heavy atom. The second-order valence-corrected chi connectivity index (χ2v) is 2.77. The Labute approximate surface area is 79.3 Å². The molecular formula is C10H17NO2. The summed E-state index contributed by atoms with van der Waals surface area (Å²) in [5.41, 5.74) is 1.21. The van der Waals surface area contributed by atoms with Crippen LogP contribution < -0.4 is 0 Å². The van der Waals surface area contributed by atoms with Gasteiger partial charge in [-0.2, -0.15) is 0 Å². The first kappa shape index (κ1) is 11.9. The van der Waals surface area contributed by atoms with Gasteiger partial charge in [0.2, 0.25) is 0 Å². The van der Waals surface area contributed by atoms with Crippen LogP contribution in [0.5, 0.6) is 0 Å². The third-order valence-corrected chi connectivity index (χ3v) is 1.68. The van der Waals surface area contributed by atoms with Gasteiger partial charge in [-0.15, -0.1) is 0 Å². The molecule has 0 aliphatic rings. The lowest BCUT2D eigenvalue weighted by molar-refractivity contribution is -0.138. The molecule has 74 valence electrons. The molecule has 0 aromatic rings. The van der Waals surface area contributed by atoms with Crippen LogP contribution in [0, 0.1) is 5.41 Å². The van der Waals surface area contributed by atoms with Crippen molar-refractivity contribution in [1.29, 1.82) is 5.41 Å². The lowest BCUT2D eigenvalue weighted by Crippen LogP contribution is -2.05. The van der Waals surface area contributed by atoms with Gasteiger partial charge < -0.3 is 10.1 Å². The summed E-state index contributed by atoms with van der Waals surface area (Å²) in [6.45, 7) is 5.81. The van der Waals surface area contributed by atoms with Crippen LogP contribution in [0.15, 0.2) is 11.6 Å². The molecule has 3 heteroatoms. The van der Waals surface area contributed by atoms with Crippen LogP contribution in [0.4, 0.5) is 0 Å². The van der Waals surface area contributed by atoms with Crippen LogP contribution in [0.2, 0.25) is 0 Å². The van der Waals surface area contributed by atoms with Crippen LogP contribution >= 0.6 is 0 Å². The van der Waals surface area contributed by atoms with E-state index >= 15 is 0 Å². The van der Waals surface area contributed by atoms with E-state index in [1.54, 1.807) is 19.9 Å². The van der Waals surface area contributed by atoms with Crippen molar-refractivity contribution < 1.29 is 9.53 Å². The summed E-state index contributed by atoms with van der Waals surface area (Å²) in [6, 6.07) is 0. The lowest BCUT2D eigenvalue weighted by Gasteiger charge is -2.01. The average molecular weight is 183 g/mol. The van der Waals surface area contributed by atoms with Gasteiger partial charge in [0.05, 0.1) is 6.61 Å². The maximum atomic E-state index is 11.1. The Morgan fingerprint density at radius 3 is 2.54 bits per heavy atom. The number of allylic oxidation sites excluding steroid dienone is 1. The summed E-state index contributed by atoms with van der Waals surface area (Å²) in [4.78, 5) is 11.1. The van der Waals surface area contributed by atoms with Gasteiger partial charge in [-0.25, -0.2) is 4.79 Å². The fourth-order valence-corrected chi connectivity index (χ4v) is 0.749. The summed E-state index contributed by atoms with van der Waals surface area (Å²) in [5.74, 6) is -0.286. The van der Waals surface area contributed by atoms with Gasteiger partial charge >= 0.3 is 5.97 Å². The van der Waals surface area contributed by atoms with Crippen molar-refractivity contribution in [3.8, 4) is 0 Å². The molecule has 3 nitrogen and oxygen atoms in total. The van der Waals surface area contributed by atoms with Crippen molar-refractivity contribution >= 4 is 11.7 Å². The smallest absolute Gasteiger partial charge is 0.333 e. The first-order chi connectivity index (χ1) is 6.11. The normalized spacial score (nSPS) is 11.2. The summed E-state index contributed by atoms with van der Waals surface area (Å²) >= 11 is 0. The molecule has 0 heterocycles. The van der Waals surface area contributed by atoms with E-state index in [1.807, 2.05) is 6.92 Å². The van der Waals surface area contributed by atoms with Gasteiger partial charge in [-0.3, -0.25) is 0 Å². The number of esters is 1. The summed E-state index contributed by atoms with van der Waals surface area (Å²) in [7, 11) is 0. The molecule has 0 fully saturated rings. The zero-order chi connectivity index (χ0) is 10.3. The quantitative estimate of drug-likeness (QED) is 0.404. The fourth-order valence-electron chi connectivity index (χ4n) is 0.749. The van der Waals surface area contributed by atoms with Crippen molar-refractivity contribution in [3.05, 3.63) is 11.6 Å². The molecule has 0 bridgehead atoms. The molecule has 0 aromatic carbocycles. The molecule has 0 aromatic heterocycles. The van der Waals surface area contributed by atoms with Gasteiger partial charge in [0, 0.05) is 17.7 Å². The van der Waals surface area contributed by atoms with Crippen LogP contribution in [0.1, 0.15) is 33.6 Å². The van der Waals surface area contributed by atoms with E-state index in [1.165, 1.54) is 0 Å². The van der Waals surface area contributed by atoms with E-state index in [4.69, 9.17) is 10.1 Å². The molecule has 0 spiro atoms. The minimum atomic E-state index is -0.286. The number of carbonyl (C=O) groups is 1. The highest BCUT2D eigenvalue weighted by Crippen LogP contribution is 2.00. The zero-order valence-corrected chi connectivity index (χ0v) is 8.52. The largest absolute Gasteiger partial charge is 0.463 e. The Kier molecular flexibility index (Phi) is 5.85. The second kappa shape index (κ2) is 6.40. The number of rotatable bonds is 5. The lowest BCUT2D eigenvalue weighted by atomic mass is 10.1. The number of ether oxygens (including phenoxy) is 1. The zero-order valence-electron chi connectivity index (χ0n) is 8.52. The van der Waals surface area contributed by atoms with Crippen LogP contribution in [0.25, 0.3) is 0 Å². The van der Waals surface area contributed by atoms with Gasteiger partial charge in [-0.05, 0) is 20.3 Å². The monoisotopic (exact) mass is 183 g/mol. The minimum Gasteiger partial charge on any atom is -0.463 e. The second-order valence-electron chi connectivity index (χ2n) is 2.77. The summed E-state index contributed by atoms with van der Waals surface area (Å²) in [6.07, 6.45) is 3.01.